The molecule has 0 spiro atoms. The molecule has 0 saturated carbocycles. The fourth-order valence-electron chi connectivity index (χ4n) is 1.65. The summed E-state index contributed by atoms with van der Waals surface area (Å²) in [6.07, 6.45) is 0.680. The van der Waals surface area contributed by atoms with Crippen LogP contribution in [0.2, 0.25) is 0 Å². The molecule has 7 heteroatoms. The first-order valence-electron chi connectivity index (χ1n) is 6.72. The van der Waals surface area contributed by atoms with Crippen molar-refractivity contribution in [3.05, 3.63) is 29.8 Å². The third-order valence-electron chi connectivity index (χ3n) is 2.88. The molecule has 1 aromatic rings. The lowest BCUT2D eigenvalue weighted by atomic mass is 10.2. The average molecular weight is 314 g/mol. The molecule has 0 aliphatic carbocycles. The molecule has 0 saturated heterocycles. The van der Waals surface area contributed by atoms with E-state index in [4.69, 9.17) is 4.74 Å². The fourth-order valence-corrected chi connectivity index (χ4v) is 2.86. The predicted octanol–water partition coefficient (Wildman–Crippen LogP) is 0.815. The van der Waals surface area contributed by atoms with Gasteiger partial charge in [-0.1, -0.05) is 17.7 Å². The number of amides is 1. The molecule has 0 heterocycles. The van der Waals surface area contributed by atoms with Crippen molar-refractivity contribution in [2.24, 2.45) is 0 Å². The van der Waals surface area contributed by atoms with Crippen LogP contribution in [0.25, 0.3) is 0 Å². The van der Waals surface area contributed by atoms with Crippen molar-refractivity contribution in [3.63, 3.8) is 0 Å². The molecule has 0 aliphatic rings. The number of hydrogen-bond acceptors (Lipinski definition) is 4. The monoisotopic (exact) mass is 314 g/mol. The molecule has 1 aromatic carbocycles. The molecule has 1 unspecified atom stereocenters. The van der Waals surface area contributed by atoms with Crippen LogP contribution in [0, 0.1) is 6.92 Å². The third-order valence-corrected chi connectivity index (χ3v) is 4.44. The van der Waals surface area contributed by atoms with Gasteiger partial charge in [0.15, 0.2) is 0 Å². The van der Waals surface area contributed by atoms with Crippen molar-refractivity contribution < 1.29 is 17.9 Å². The fraction of sp³-hybridized carbons (Fsp3) is 0.500. The van der Waals surface area contributed by atoms with Crippen LogP contribution < -0.4 is 10.0 Å². The summed E-state index contributed by atoms with van der Waals surface area (Å²) < 4.78 is 31.5. The molecule has 1 amide bonds. The van der Waals surface area contributed by atoms with Gasteiger partial charge in [0.1, 0.15) is 0 Å². The van der Waals surface area contributed by atoms with Gasteiger partial charge in [0, 0.05) is 20.3 Å². The quantitative estimate of drug-likeness (QED) is 0.696. The van der Waals surface area contributed by atoms with Gasteiger partial charge in [-0.25, -0.2) is 8.42 Å². The Labute approximate surface area is 125 Å². The minimum atomic E-state index is -3.69. The Morgan fingerprint density at radius 3 is 2.48 bits per heavy atom. The molecule has 0 bridgehead atoms. The number of sulfonamides is 1. The maximum atomic E-state index is 12.1. The lowest BCUT2D eigenvalue weighted by molar-refractivity contribution is -0.122. The van der Waals surface area contributed by atoms with E-state index >= 15 is 0 Å². The van der Waals surface area contributed by atoms with Crippen molar-refractivity contribution >= 4 is 15.9 Å². The molecule has 6 nitrogen and oxygen atoms in total. The van der Waals surface area contributed by atoms with E-state index in [1.165, 1.54) is 19.1 Å². The van der Waals surface area contributed by atoms with Gasteiger partial charge < -0.3 is 10.1 Å². The van der Waals surface area contributed by atoms with E-state index in [0.717, 1.165) is 5.56 Å². The normalized spacial score (nSPS) is 12.9. The van der Waals surface area contributed by atoms with E-state index < -0.39 is 16.1 Å². The Morgan fingerprint density at radius 1 is 1.29 bits per heavy atom. The Kier molecular flexibility index (Phi) is 6.80. The van der Waals surface area contributed by atoms with Crippen LogP contribution in [0.1, 0.15) is 18.9 Å². The number of methoxy groups -OCH3 is 1. The first kappa shape index (κ1) is 17.6. The summed E-state index contributed by atoms with van der Waals surface area (Å²) in [7, 11) is -2.11. The zero-order valence-corrected chi connectivity index (χ0v) is 13.4. The van der Waals surface area contributed by atoms with E-state index in [2.05, 4.69) is 10.0 Å². The molecule has 2 N–H and O–H groups in total. The second-order valence-corrected chi connectivity index (χ2v) is 6.51. The topological polar surface area (TPSA) is 84.5 Å². The zero-order chi connectivity index (χ0) is 15.9. The highest BCUT2D eigenvalue weighted by Crippen LogP contribution is 2.10. The number of aryl methyl sites for hydroxylation is 1. The molecular formula is C14H22N2O4S. The Bertz CT molecular complexity index is 555. The van der Waals surface area contributed by atoms with Crippen molar-refractivity contribution in [2.75, 3.05) is 20.3 Å². The van der Waals surface area contributed by atoms with E-state index in [1.807, 2.05) is 6.92 Å². The van der Waals surface area contributed by atoms with Crippen molar-refractivity contribution in [1.82, 2.24) is 10.0 Å². The number of hydrogen-bond donors (Lipinski definition) is 2. The highest BCUT2D eigenvalue weighted by molar-refractivity contribution is 7.89. The van der Waals surface area contributed by atoms with Gasteiger partial charge in [-0.2, -0.15) is 4.72 Å². The van der Waals surface area contributed by atoms with Crippen molar-refractivity contribution in [1.29, 1.82) is 0 Å². The largest absolute Gasteiger partial charge is 0.385 e. The van der Waals surface area contributed by atoms with Gasteiger partial charge in [0.2, 0.25) is 15.9 Å². The lowest BCUT2D eigenvalue weighted by Crippen LogP contribution is -2.45. The van der Waals surface area contributed by atoms with Gasteiger partial charge >= 0.3 is 0 Å². The van der Waals surface area contributed by atoms with Crippen molar-refractivity contribution in [3.8, 4) is 0 Å². The summed E-state index contributed by atoms with van der Waals surface area (Å²) in [5, 5.41) is 2.65. The molecule has 0 radical (unpaired) electrons. The summed E-state index contributed by atoms with van der Waals surface area (Å²) in [6, 6.07) is 5.62. The number of nitrogens with one attached hydrogen (secondary N) is 2. The second kappa shape index (κ2) is 8.11. The van der Waals surface area contributed by atoms with Gasteiger partial charge in [-0.15, -0.1) is 0 Å². The number of benzene rings is 1. The first-order valence-corrected chi connectivity index (χ1v) is 8.21. The summed E-state index contributed by atoms with van der Waals surface area (Å²) in [5.41, 5.74) is 0.970. The predicted molar refractivity (Wildman–Crippen MR) is 80.5 cm³/mol. The molecule has 1 rings (SSSR count). The van der Waals surface area contributed by atoms with Gasteiger partial charge in [-0.05, 0) is 32.4 Å². The van der Waals surface area contributed by atoms with Gasteiger partial charge in [-0.3, -0.25) is 4.79 Å². The third kappa shape index (κ3) is 5.82. The van der Waals surface area contributed by atoms with E-state index in [9.17, 15) is 13.2 Å². The molecule has 0 fully saturated rings. The summed E-state index contributed by atoms with van der Waals surface area (Å²) in [6.45, 7) is 4.38. The molecule has 0 aliphatic heterocycles. The summed E-state index contributed by atoms with van der Waals surface area (Å²) in [5.74, 6) is -0.359. The maximum Gasteiger partial charge on any atom is 0.241 e. The number of carbonyl (C=O) groups is 1. The van der Waals surface area contributed by atoms with E-state index in [1.54, 1.807) is 19.2 Å². The summed E-state index contributed by atoms with van der Waals surface area (Å²) in [4.78, 5) is 11.9. The summed E-state index contributed by atoms with van der Waals surface area (Å²) >= 11 is 0. The molecular weight excluding hydrogens is 292 g/mol. The highest BCUT2D eigenvalue weighted by atomic mass is 32.2. The average Bonchev–Trinajstić information content (AvgIpc) is 2.43. The SMILES string of the molecule is COCCCNC(=O)C(C)NS(=O)(=O)c1ccc(C)cc1. The van der Waals surface area contributed by atoms with Gasteiger partial charge in [0.05, 0.1) is 10.9 Å². The number of rotatable bonds is 8. The van der Waals surface area contributed by atoms with Crippen LogP contribution in [0.3, 0.4) is 0 Å². The van der Waals surface area contributed by atoms with Gasteiger partial charge in [0.25, 0.3) is 0 Å². The minimum Gasteiger partial charge on any atom is -0.385 e. The molecule has 0 aromatic heterocycles. The maximum absolute atomic E-state index is 12.1. The smallest absolute Gasteiger partial charge is 0.241 e. The minimum absolute atomic E-state index is 0.145. The number of carbonyl (C=O) groups excluding carboxylic acids is 1. The standard InChI is InChI=1S/C14H22N2O4S/c1-11-5-7-13(8-6-11)21(18,19)16-12(2)14(17)15-9-4-10-20-3/h5-8,12,16H,4,9-10H2,1-3H3,(H,15,17). The Balaban J connectivity index is 2.58. The van der Waals surface area contributed by atoms with Crippen LogP contribution in [0.4, 0.5) is 0 Å². The molecule has 21 heavy (non-hydrogen) atoms. The number of ether oxygens (including phenoxy) is 1. The van der Waals surface area contributed by atoms with Crippen LogP contribution in [0.15, 0.2) is 29.2 Å². The lowest BCUT2D eigenvalue weighted by Gasteiger charge is -2.14. The van der Waals surface area contributed by atoms with E-state index in [-0.39, 0.29) is 10.8 Å². The second-order valence-electron chi connectivity index (χ2n) is 4.79. The molecule has 1 atom stereocenters. The van der Waals surface area contributed by atoms with Crippen LogP contribution in [0.5, 0.6) is 0 Å². The van der Waals surface area contributed by atoms with Crippen LogP contribution in [-0.2, 0) is 19.6 Å². The zero-order valence-electron chi connectivity index (χ0n) is 12.5. The van der Waals surface area contributed by atoms with Crippen molar-refractivity contribution in [2.45, 2.75) is 31.2 Å². The Hall–Kier alpha value is -1.44. The van der Waals surface area contributed by atoms with E-state index in [0.29, 0.717) is 19.6 Å². The first-order chi connectivity index (χ1) is 9.86. The molecule has 118 valence electrons. The highest BCUT2D eigenvalue weighted by Gasteiger charge is 2.21. The Morgan fingerprint density at radius 2 is 1.90 bits per heavy atom. The van der Waals surface area contributed by atoms with Crippen LogP contribution >= 0.6 is 0 Å². The van der Waals surface area contributed by atoms with Crippen LogP contribution in [-0.4, -0.2) is 40.6 Å².